The van der Waals surface area contributed by atoms with Gasteiger partial charge in [0, 0.05) is 25.1 Å². The number of carbonyl (C=O) groups excluding carboxylic acids is 1. The Morgan fingerprint density at radius 2 is 1.89 bits per heavy atom. The van der Waals surface area contributed by atoms with E-state index in [2.05, 4.69) is 10.6 Å². The van der Waals surface area contributed by atoms with E-state index in [1.54, 1.807) is 7.11 Å². The molecule has 0 radical (unpaired) electrons. The number of ether oxygens (including phenoxy) is 1. The van der Waals surface area contributed by atoms with Crippen molar-refractivity contribution in [3.8, 4) is 5.75 Å². The van der Waals surface area contributed by atoms with Crippen LogP contribution in [0.2, 0.25) is 0 Å². The quantitative estimate of drug-likeness (QED) is 0.731. The molecule has 106 valence electrons. The van der Waals surface area contributed by atoms with Gasteiger partial charge in [-0.3, -0.25) is 0 Å². The molecule has 5 nitrogen and oxygen atoms in total. The SMILES string of the molecule is COc1ccc(CNC(=O)NCC(C)(C)CO)cc1. The molecule has 0 aliphatic carbocycles. The Kier molecular flexibility index (Phi) is 5.63. The Labute approximate surface area is 114 Å². The minimum absolute atomic E-state index is 0.0335. The standard InChI is InChI=1S/C14H22N2O3/c1-14(2,10-17)9-16-13(18)15-8-11-4-6-12(19-3)7-5-11/h4-7,17H,8-10H2,1-3H3,(H2,15,16,18). The first-order chi connectivity index (χ1) is 8.96. The number of amides is 2. The lowest BCUT2D eigenvalue weighted by molar-refractivity contribution is 0.157. The molecular formula is C14H22N2O3. The molecule has 0 atom stereocenters. The van der Waals surface area contributed by atoms with Crippen LogP contribution in [0.15, 0.2) is 24.3 Å². The van der Waals surface area contributed by atoms with Gasteiger partial charge < -0.3 is 20.5 Å². The van der Waals surface area contributed by atoms with Crippen LogP contribution in [0.5, 0.6) is 5.75 Å². The minimum Gasteiger partial charge on any atom is -0.497 e. The smallest absolute Gasteiger partial charge is 0.315 e. The van der Waals surface area contributed by atoms with Gasteiger partial charge in [-0.1, -0.05) is 26.0 Å². The third-order valence-electron chi connectivity index (χ3n) is 2.77. The van der Waals surface area contributed by atoms with Gasteiger partial charge in [-0.2, -0.15) is 0 Å². The maximum absolute atomic E-state index is 11.6. The summed E-state index contributed by atoms with van der Waals surface area (Å²) in [6.45, 7) is 4.69. The largest absolute Gasteiger partial charge is 0.497 e. The molecule has 0 bridgehead atoms. The van der Waals surface area contributed by atoms with Crippen LogP contribution in [-0.2, 0) is 6.54 Å². The van der Waals surface area contributed by atoms with Crippen LogP contribution >= 0.6 is 0 Å². The molecule has 2 amide bonds. The van der Waals surface area contributed by atoms with E-state index in [1.807, 2.05) is 38.1 Å². The fraction of sp³-hybridized carbons (Fsp3) is 0.500. The van der Waals surface area contributed by atoms with Crippen molar-refractivity contribution in [2.45, 2.75) is 20.4 Å². The summed E-state index contributed by atoms with van der Waals surface area (Å²) in [6, 6.07) is 7.26. The van der Waals surface area contributed by atoms with E-state index in [9.17, 15) is 4.79 Å². The number of nitrogens with one attached hydrogen (secondary N) is 2. The van der Waals surface area contributed by atoms with Crippen LogP contribution in [0.3, 0.4) is 0 Å². The molecule has 5 heteroatoms. The van der Waals surface area contributed by atoms with Crippen LogP contribution in [0, 0.1) is 5.41 Å². The third kappa shape index (κ3) is 5.61. The molecule has 0 saturated carbocycles. The maximum Gasteiger partial charge on any atom is 0.315 e. The zero-order valence-corrected chi connectivity index (χ0v) is 11.7. The van der Waals surface area contributed by atoms with Crippen LogP contribution in [-0.4, -0.2) is 31.4 Å². The Morgan fingerprint density at radius 1 is 1.26 bits per heavy atom. The number of carbonyl (C=O) groups is 1. The van der Waals surface area contributed by atoms with Gasteiger partial charge in [0.15, 0.2) is 0 Å². The van der Waals surface area contributed by atoms with Gasteiger partial charge in [0.25, 0.3) is 0 Å². The lowest BCUT2D eigenvalue weighted by atomic mass is 9.95. The predicted octanol–water partition coefficient (Wildman–Crippen LogP) is 1.51. The molecule has 3 N–H and O–H groups in total. The zero-order chi connectivity index (χ0) is 14.3. The molecule has 0 fully saturated rings. The van der Waals surface area contributed by atoms with E-state index >= 15 is 0 Å². The average molecular weight is 266 g/mol. The Bertz CT molecular complexity index is 402. The first kappa shape index (κ1) is 15.3. The summed E-state index contributed by atoms with van der Waals surface area (Å²) in [4.78, 5) is 11.6. The van der Waals surface area contributed by atoms with Crippen molar-refractivity contribution in [2.24, 2.45) is 5.41 Å². The van der Waals surface area contributed by atoms with E-state index in [1.165, 1.54) is 0 Å². The van der Waals surface area contributed by atoms with Crippen LogP contribution in [0.25, 0.3) is 0 Å². The highest BCUT2D eigenvalue weighted by Gasteiger charge is 2.17. The number of aliphatic hydroxyl groups excluding tert-OH is 1. The Morgan fingerprint density at radius 3 is 2.42 bits per heavy atom. The molecule has 0 aliphatic rings. The summed E-state index contributed by atoms with van der Waals surface area (Å²) in [6.07, 6.45) is 0. The average Bonchev–Trinajstić information content (AvgIpc) is 2.43. The highest BCUT2D eigenvalue weighted by atomic mass is 16.5. The second kappa shape index (κ2) is 6.99. The molecule has 19 heavy (non-hydrogen) atoms. The van der Waals surface area contributed by atoms with Crippen LogP contribution in [0.4, 0.5) is 4.79 Å². The van der Waals surface area contributed by atoms with E-state index in [-0.39, 0.29) is 18.1 Å². The fourth-order valence-corrected chi connectivity index (χ4v) is 1.36. The summed E-state index contributed by atoms with van der Waals surface area (Å²) in [7, 11) is 1.61. The molecule has 0 spiro atoms. The molecule has 0 unspecified atom stereocenters. The number of benzene rings is 1. The number of hydrogen-bond acceptors (Lipinski definition) is 3. The topological polar surface area (TPSA) is 70.6 Å². The van der Waals surface area contributed by atoms with Crippen molar-refractivity contribution in [3.63, 3.8) is 0 Å². The van der Waals surface area contributed by atoms with E-state index < -0.39 is 0 Å². The number of rotatable bonds is 6. The van der Waals surface area contributed by atoms with Crippen molar-refractivity contribution in [3.05, 3.63) is 29.8 Å². The lowest BCUT2D eigenvalue weighted by Gasteiger charge is -2.21. The van der Waals surface area contributed by atoms with Gasteiger partial charge in [0.2, 0.25) is 0 Å². The molecule has 0 saturated heterocycles. The Hall–Kier alpha value is -1.75. The monoisotopic (exact) mass is 266 g/mol. The van der Waals surface area contributed by atoms with Crippen molar-refractivity contribution < 1.29 is 14.6 Å². The number of aliphatic hydroxyl groups is 1. The summed E-state index contributed by atoms with van der Waals surface area (Å²) < 4.78 is 5.06. The first-order valence-electron chi connectivity index (χ1n) is 6.22. The van der Waals surface area contributed by atoms with Gasteiger partial charge in [0.05, 0.1) is 7.11 Å². The van der Waals surface area contributed by atoms with Crippen LogP contribution in [0.1, 0.15) is 19.4 Å². The highest BCUT2D eigenvalue weighted by molar-refractivity contribution is 5.73. The van der Waals surface area contributed by atoms with Gasteiger partial charge >= 0.3 is 6.03 Å². The minimum atomic E-state index is -0.308. The second-order valence-electron chi connectivity index (χ2n) is 5.21. The fourth-order valence-electron chi connectivity index (χ4n) is 1.36. The van der Waals surface area contributed by atoms with Crippen molar-refractivity contribution >= 4 is 6.03 Å². The van der Waals surface area contributed by atoms with Gasteiger partial charge in [-0.25, -0.2) is 4.79 Å². The normalized spacial score (nSPS) is 10.9. The predicted molar refractivity (Wildman–Crippen MR) is 74.1 cm³/mol. The molecule has 1 rings (SSSR count). The molecule has 0 aromatic heterocycles. The third-order valence-corrected chi connectivity index (χ3v) is 2.77. The lowest BCUT2D eigenvalue weighted by Crippen LogP contribution is -2.41. The van der Waals surface area contributed by atoms with E-state index in [0.29, 0.717) is 13.1 Å². The molecule has 0 heterocycles. The van der Waals surface area contributed by atoms with Gasteiger partial charge in [0.1, 0.15) is 5.75 Å². The molecule has 0 aliphatic heterocycles. The van der Waals surface area contributed by atoms with Gasteiger partial charge in [-0.15, -0.1) is 0 Å². The number of urea groups is 1. The molecular weight excluding hydrogens is 244 g/mol. The number of methoxy groups -OCH3 is 1. The Balaban J connectivity index is 2.33. The highest BCUT2D eigenvalue weighted by Crippen LogP contribution is 2.12. The zero-order valence-electron chi connectivity index (χ0n) is 11.7. The summed E-state index contributed by atoms with van der Waals surface area (Å²) in [5.41, 5.74) is 0.689. The van der Waals surface area contributed by atoms with E-state index in [0.717, 1.165) is 11.3 Å². The molecule has 1 aromatic carbocycles. The first-order valence-corrected chi connectivity index (χ1v) is 6.22. The summed E-state index contributed by atoms with van der Waals surface area (Å²) >= 11 is 0. The summed E-state index contributed by atoms with van der Waals surface area (Å²) in [5, 5.41) is 14.6. The van der Waals surface area contributed by atoms with Crippen molar-refractivity contribution in [2.75, 3.05) is 20.3 Å². The molecule has 1 aromatic rings. The van der Waals surface area contributed by atoms with Gasteiger partial charge in [-0.05, 0) is 17.7 Å². The second-order valence-corrected chi connectivity index (χ2v) is 5.21. The van der Waals surface area contributed by atoms with Crippen molar-refractivity contribution in [1.82, 2.24) is 10.6 Å². The number of hydrogen-bond donors (Lipinski definition) is 3. The summed E-state index contributed by atoms with van der Waals surface area (Å²) in [5.74, 6) is 0.790. The van der Waals surface area contributed by atoms with Crippen molar-refractivity contribution in [1.29, 1.82) is 0 Å². The van der Waals surface area contributed by atoms with E-state index in [4.69, 9.17) is 9.84 Å². The van der Waals surface area contributed by atoms with Crippen LogP contribution < -0.4 is 15.4 Å². The maximum atomic E-state index is 11.6.